The number of anilines is 1. The van der Waals surface area contributed by atoms with E-state index in [0.29, 0.717) is 0 Å². The summed E-state index contributed by atoms with van der Waals surface area (Å²) in [6.07, 6.45) is 4.13. The zero-order chi connectivity index (χ0) is 17.2. The van der Waals surface area contributed by atoms with Crippen LogP contribution >= 0.6 is 0 Å². The Balaban J connectivity index is 1.63. The Morgan fingerprint density at radius 3 is 2.58 bits per heavy atom. The first-order chi connectivity index (χ1) is 11.5. The van der Waals surface area contributed by atoms with Gasteiger partial charge in [0, 0.05) is 31.7 Å². The predicted octanol–water partition coefficient (Wildman–Crippen LogP) is 2.25. The SMILES string of the molecule is COc1ccccc1N1CCN(C(=O)C2CCCCC2(C)N)CC1. The van der Waals surface area contributed by atoms with Crippen molar-refractivity contribution in [2.24, 2.45) is 11.7 Å². The summed E-state index contributed by atoms with van der Waals surface area (Å²) in [5, 5.41) is 0. The lowest BCUT2D eigenvalue weighted by molar-refractivity contribution is -0.139. The van der Waals surface area contributed by atoms with Gasteiger partial charge >= 0.3 is 0 Å². The summed E-state index contributed by atoms with van der Waals surface area (Å²) in [5.74, 6) is 1.11. The number of nitrogens with zero attached hydrogens (tertiary/aromatic N) is 2. The number of carbonyl (C=O) groups is 1. The molecule has 24 heavy (non-hydrogen) atoms. The average molecular weight is 331 g/mol. The highest BCUT2D eigenvalue weighted by Crippen LogP contribution is 2.34. The van der Waals surface area contributed by atoms with E-state index in [1.807, 2.05) is 30.0 Å². The lowest BCUT2D eigenvalue weighted by atomic mass is 9.74. The molecule has 3 rings (SSSR count). The van der Waals surface area contributed by atoms with Gasteiger partial charge in [0.15, 0.2) is 0 Å². The molecular weight excluding hydrogens is 302 g/mol. The Morgan fingerprint density at radius 1 is 1.21 bits per heavy atom. The van der Waals surface area contributed by atoms with E-state index in [-0.39, 0.29) is 17.4 Å². The largest absolute Gasteiger partial charge is 0.495 e. The fourth-order valence-corrected chi connectivity index (χ4v) is 4.04. The van der Waals surface area contributed by atoms with E-state index in [1.54, 1.807) is 7.11 Å². The molecule has 1 aromatic carbocycles. The van der Waals surface area contributed by atoms with Gasteiger partial charge in [0.1, 0.15) is 5.75 Å². The second-order valence-corrected chi connectivity index (χ2v) is 7.29. The van der Waals surface area contributed by atoms with Crippen LogP contribution in [0.25, 0.3) is 0 Å². The minimum atomic E-state index is -0.352. The highest BCUT2D eigenvalue weighted by Gasteiger charge is 2.40. The molecule has 1 saturated heterocycles. The van der Waals surface area contributed by atoms with Crippen LogP contribution in [0.2, 0.25) is 0 Å². The van der Waals surface area contributed by atoms with Crippen LogP contribution in [0.4, 0.5) is 5.69 Å². The molecule has 5 nitrogen and oxygen atoms in total. The fourth-order valence-electron chi connectivity index (χ4n) is 4.04. The molecule has 1 saturated carbocycles. The number of hydrogen-bond acceptors (Lipinski definition) is 4. The highest BCUT2D eigenvalue weighted by atomic mass is 16.5. The van der Waals surface area contributed by atoms with Gasteiger partial charge in [0.05, 0.1) is 18.7 Å². The molecule has 1 aliphatic carbocycles. The Bertz CT molecular complexity index is 580. The number of hydrogen-bond donors (Lipinski definition) is 1. The fraction of sp³-hybridized carbons (Fsp3) is 0.632. The molecule has 2 N–H and O–H groups in total. The van der Waals surface area contributed by atoms with Crippen molar-refractivity contribution in [1.29, 1.82) is 0 Å². The van der Waals surface area contributed by atoms with Crippen LogP contribution in [0.5, 0.6) is 5.75 Å². The van der Waals surface area contributed by atoms with Crippen LogP contribution in [-0.2, 0) is 4.79 Å². The van der Waals surface area contributed by atoms with E-state index in [9.17, 15) is 4.79 Å². The summed E-state index contributed by atoms with van der Waals surface area (Å²) < 4.78 is 5.46. The number of ether oxygens (including phenoxy) is 1. The third-order valence-corrected chi connectivity index (χ3v) is 5.57. The number of carbonyl (C=O) groups excluding carboxylic acids is 1. The third kappa shape index (κ3) is 3.36. The number of amides is 1. The molecule has 5 heteroatoms. The third-order valence-electron chi connectivity index (χ3n) is 5.57. The number of nitrogens with two attached hydrogens (primary N) is 1. The van der Waals surface area contributed by atoms with Crippen molar-refractivity contribution >= 4 is 11.6 Å². The Hall–Kier alpha value is -1.75. The lowest BCUT2D eigenvalue weighted by Gasteiger charge is -2.43. The van der Waals surface area contributed by atoms with E-state index in [2.05, 4.69) is 11.0 Å². The monoisotopic (exact) mass is 331 g/mol. The van der Waals surface area contributed by atoms with Crippen molar-refractivity contribution in [1.82, 2.24) is 4.90 Å². The minimum Gasteiger partial charge on any atom is -0.495 e. The van der Waals surface area contributed by atoms with Gasteiger partial charge in [0.2, 0.25) is 5.91 Å². The maximum absolute atomic E-state index is 12.9. The van der Waals surface area contributed by atoms with E-state index < -0.39 is 0 Å². The van der Waals surface area contributed by atoms with Crippen LogP contribution in [0.15, 0.2) is 24.3 Å². The molecule has 0 aromatic heterocycles. The first kappa shape index (κ1) is 17.1. The molecule has 1 aliphatic heterocycles. The standard InChI is InChI=1S/C19H29N3O2/c1-19(20)10-6-5-7-15(19)18(23)22-13-11-21(12-14-22)16-8-3-4-9-17(16)24-2/h3-4,8-9,15H,5-7,10-14,20H2,1-2H3. The summed E-state index contributed by atoms with van der Waals surface area (Å²) in [6.45, 7) is 5.22. The lowest BCUT2D eigenvalue weighted by Crippen LogP contribution is -2.57. The zero-order valence-electron chi connectivity index (χ0n) is 14.8. The first-order valence-corrected chi connectivity index (χ1v) is 8.98. The molecular formula is C19H29N3O2. The van der Waals surface area contributed by atoms with Gasteiger partial charge in [-0.2, -0.15) is 0 Å². The molecule has 0 radical (unpaired) electrons. The normalized spacial score (nSPS) is 27.9. The summed E-state index contributed by atoms with van der Waals surface area (Å²) in [4.78, 5) is 17.2. The number of benzene rings is 1. The van der Waals surface area contributed by atoms with Crippen molar-refractivity contribution in [3.8, 4) is 5.75 Å². The minimum absolute atomic E-state index is 0.0240. The van der Waals surface area contributed by atoms with Gasteiger partial charge in [-0.05, 0) is 31.9 Å². The van der Waals surface area contributed by atoms with Crippen LogP contribution in [-0.4, -0.2) is 49.6 Å². The molecule has 1 amide bonds. The van der Waals surface area contributed by atoms with Crippen molar-refractivity contribution < 1.29 is 9.53 Å². The average Bonchev–Trinajstić information content (AvgIpc) is 2.61. The predicted molar refractivity (Wildman–Crippen MR) is 96.3 cm³/mol. The molecule has 1 heterocycles. The second-order valence-electron chi connectivity index (χ2n) is 7.29. The Morgan fingerprint density at radius 2 is 1.92 bits per heavy atom. The maximum Gasteiger partial charge on any atom is 0.227 e. The van der Waals surface area contributed by atoms with Crippen molar-refractivity contribution in [3.05, 3.63) is 24.3 Å². The Kier molecular flexibility index (Phi) is 4.99. The van der Waals surface area contributed by atoms with Gasteiger partial charge in [-0.3, -0.25) is 4.79 Å². The highest BCUT2D eigenvalue weighted by molar-refractivity contribution is 5.80. The molecule has 1 aromatic rings. The molecule has 0 bridgehead atoms. The smallest absolute Gasteiger partial charge is 0.227 e. The van der Waals surface area contributed by atoms with Gasteiger partial charge < -0.3 is 20.3 Å². The molecule has 2 unspecified atom stereocenters. The van der Waals surface area contributed by atoms with Crippen molar-refractivity contribution in [3.63, 3.8) is 0 Å². The number of para-hydroxylation sites is 2. The van der Waals surface area contributed by atoms with Crippen LogP contribution in [0.1, 0.15) is 32.6 Å². The van der Waals surface area contributed by atoms with Gasteiger partial charge in [-0.25, -0.2) is 0 Å². The van der Waals surface area contributed by atoms with Crippen molar-refractivity contribution in [2.75, 3.05) is 38.2 Å². The van der Waals surface area contributed by atoms with Gasteiger partial charge in [-0.1, -0.05) is 25.0 Å². The molecule has 132 valence electrons. The Labute approximate surface area is 144 Å². The van der Waals surface area contributed by atoms with Gasteiger partial charge in [-0.15, -0.1) is 0 Å². The number of methoxy groups -OCH3 is 1. The van der Waals surface area contributed by atoms with Gasteiger partial charge in [0.25, 0.3) is 0 Å². The summed E-state index contributed by atoms with van der Waals surface area (Å²) >= 11 is 0. The van der Waals surface area contributed by atoms with Crippen LogP contribution < -0.4 is 15.4 Å². The first-order valence-electron chi connectivity index (χ1n) is 8.98. The van der Waals surface area contributed by atoms with Crippen LogP contribution in [0, 0.1) is 5.92 Å². The summed E-state index contributed by atoms with van der Waals surface area (Å²) in [5.41, 5.74) is 7.16. The van der Waals surface area contributed by atoms with E-state index in [4.69, 9.17) is 10.5 Å². The second kappa shape index (κ2) is 7.01. The molecule has 2 atom stereocenters. The van der Waals surface area contributed by atoms with E-state index >= 15 is 0 Å². The quantitative estimate of drug-likeness (QED) is 0.923. The number of rotatable bonds is 3. The van der Waals surface area contributed by atoms with E-state index in [0.717, 1.165) is 63.3 Å². The maximum atomic E-state index is 12.9. The summed E-state index contributed by atoms with van der Waals surface area (Å²) in [7, 11) is 1.70. The number of piperazine rings is 1. The molecule has 0 spiro atoms. The molecule has 2 fully saturated rings. The topological polar surface area (TPSA) is 58.8 Å². The summed E-state index contributed by atoms with van der Waals surface area (Å²) in [6, 6.07) is 8.06. The van der Waals surface area contributed by atoms with Crippen molar-refractivity contribution in [2.45, 2.75) is 38.1 Å². The molecule has 2 aliphatic rings. The zero-order valence-corrected chi connectivity index (χ0v) is 14.8. The van der Waals surface area contributed by atoms with E-state index in [1.165, 1.54) is 0 Å². The van der Waals surface area contributed by atoms with Crippen LogP contribution in [0.3, 0.4) is 0 Å².